The molecule has 0 spiro atoms. The van der Waals surface area contributed by atoms with Gasteiger partial charge in [-0.3, -0.25) is 19.2 Å². The summed E-state index contributed by atoms with van der Waals surface area (Å²) in [7, 11) is 0. The lowest BCUT2D eigenvalue weighted by atomic mass is 9.95. The van der Waals surface area contributed by atoms with E-state index in [4.69, 9.17) is 4.42 Å². The van der Waals surface area contributed by atoms with Crippen LogP contribution in [0.3, 0.4) is 0 Å². The van der Waals surface area contributed by atoms with E-state index < -0.39 is 34.6 Å². The Balaban J connectivity index is 0.994. The van der Waals surface area contributed by atoms with E-state index in [-0.39, 0.29) is 82.1 Å². The Morgan fingerprint density at radius 2 is 1.58 bits per heavy atom. The molecule has 0 aliphatic carbocycles. The highest BCUT2D eigenvalue weighted by molar-refractivity contribution is 8.00. The maximum Gasteiger partial charge on any atom is 0.315 e. The number of thioether (sulfide) groups is 1. The van der Waals surface area contributed by atoms with Gasteiger partial charge in [0.1, 0.15) is 22.8 Å². The van der Waals surface area contributed by atoms with E-state index in [1.807, 2.05) is 55.9 Å². The average Bonchev–Trinajstić information content (AvgIpc) is 3.78. The lowest BCUT2D eigenvalue weighted by molar-refractivity contribution is -0.140. The van der Waals surface area contributed by atoms with Crippen molar-refractivity contribution in [3.8, 4) is 28.4 Å². The molecular formula is C44H51N5O9S. The van der Waals surface area contributed by atoms with Crippen LogP contribution < -0.4 is 21.4 Å². The van der Waals surface area contributed by atoms with E-state index in [0.29, 0.717) is 43.4 Å². The zero-order valence-electron chi connectivity index (χ0n) is 33.5. The van der Waals surface area contributed by atoms with Crippen LogP contribution in [0.4, 0.5) is 4.79 Å². The number of aryl methyl sites for hydroxylation is 1. The van der Waals surface area contributed by atoms with Crippen molar-refractivity contribution in [2.75, 3.05) is 31.9 Å². The number of nitrogens with zero attached hydrogens (tertiary/aromatic N) is 2. The van der Waals surface area contributed by atoms with Crippen LogP contribution in [-0.4, -0.2) is 104 Å². The van der Waals surface area contributed by atoms with Crippen LogP contribution in [0.5, 0.6) is 17.2 Å². The second kappa shape index (κ2) is 17.7. The number of nitrogens with one attached hydrogen (secondary N) is 3. The van der Waals surface area contributed by atoms with Gasteiger partial charge in [0.15, 0.2) is 11.5 Å². The van der Waals surface area contributed by atoms with E-state index in [9.17, 15) is 39.3 Å². The van der Waals surface area contributed by atoms with Gasteiger partial charge in [0, 0.05) is 61.2 Å². The molecule has 4 heterocycles. The van der Waals surface area contributed by atoms with Crippen molar-refractivity contribution in [2.45, 2.75) is 82.7 Å². The number of hydrogen-bond acceptors (Lipinski definition) is 10. The van der Waals surface area contributed by atoms with Crippen molar-refractivity contribution < 1.29 is 38.9 Å². The summed E-state index contributed by atoms with van der Waals surface area (Å²) in [5.74, 6) is -1.62. The smallest absolute Gasteiger partial charge is 0.315 e. The Hall–Kier alpha value is -5.70. The number of rotatable bonds is 13. The lowest BCUT2D eigenvalue weighted by Crippen LogP contribution is -2.56. The molecule has 59 heavy (non-hydrogen) atoms. The van der Waals surface area contributed by atoms with Crippen LogP contribution in [0, 0.1) is 12.8 Å². The molecule has 3 fully saturated rings. The fourth-order valence-electron chi connectivity index (χ4n) is 8.38. The van der Waals surface area contributed by atoms with E-state index in [2.05, 4.69) is 16.0 Å². The van der Waals surface area contributed by atoms with Crippen LogP contribution in [0.15, 0.2) is 63.8 Å². The van der Waals surface area contributed by atoms with Crippen LogP contribution in [0.25, 0.3) is 22.1 Å². The predicted octanol–water partition coefficient (Wildman–Crippen LogP) is 4.82. The molecule has 1 aromatic heterocycles. The molecule has 4 aromatic rings. The van der Waals surface area contributed by atoms with E-state index in [0.717, 1.165) is 30.6 Å². The van der Waals surface area contributed by atoms with Crippen molar-refractivity contribution in [1.82, 2.24) is 25.8 Å². The fraction of sp³-hybridized carbons (Fsp3) is 0.432. The number of amides is 5. The molecule has 0 radical (unpaired) electrons. The summed E-state index contributed by atoms with van der Waals surface area (Å²) in [6.45, 7) is 6.89. The van der Waals surface area contributed by atoms with Gasteiger partial charge in [0.05, 0.1) is 17.6 Å². The van der Waals surface area contributed by atoms with Crippen molar-refractivity contribution in [3.05, 3.63) is 87.3 Å². The van der Waals surface area contributed by atoms with Crippen molar-refractivity contribution >= 4 is 46.5 Å². The monoisotopic (exact) mass is 825 g/mol. The van der Waals surface area contributed by atoms with Gasteiger partial charge in [-0.1, -0.05) is 62.7 Å². The van der Waals surface area contributed by atoms with Gasteiger partial charge in [-0.05, 0) is 55.4 Å². The number of urea groups is 1. The average molecular weight is 826 g/mol. The number of benzene rings is 3. The van der Waals surface area contributed by atoms with Crippen molar-refractivity contribution in [1.29, 1.82) is 0 Å². The number of fused-ring (bicyclic) bond motifs is 2. The highest BCUT2D eigenvalue weighted by atomic mass is 32.2. The highest BCUT2D eigenvalue weighted by Crippen LogP contribution is 2.45. The normalized spacial score (nSPS) is 19.4. The molecule has 3 aromatic carbocycles. The van der Waals surface area contributed by atoms with E-state index in [1.165, 1.54) is 12.1 Å². The minimum atomic E-state index is -0.887. The van der Waals surface area contributed by atoms with E-state index in [1.54, 1.807) is 28.9 Å². The molecular weight excluding hydrogens is 775 g/mol. The summed E-state index contributed by atoms with van der Waals surface area (Å²) in [6, 6.07) is 15.0. The molecule has 3 aliphatic heterocycles. The molecule has 3 aliphatic rings. The minimum Gasteiger partial charge on any atom is -0.504 e. The summed E-state index contributed by atoms with van der Waals surface area (Å²) in [5.41, 5.74) is 1.25. The van der Waals surface area contributed by atoms with Crippen LogP contribution in [0.1, 0.15) is 66.8 Å². The summed E-state index contributed by atoms with van der Waals surface area (Å²) >= 11 is 1.87. The largest absolute Gasteiger partial charge is 0.504 e. The number of aromatic hydroxyl groups is 3. The Morgan fingerprint density at radius 1 is 0.881 bits per heavy atom. The number of carbonyl (C=O) groups excluding carboxylic acids is 4. The first-order valence-corrected chi connectivity index (χ1v) is 21.3. The molecule has 3 saturated heterocycles. The van der Waals surface area contributed by atoms with Gasteiger partial charge in [0.2, 0.25) is 23.0 Å². The van der Waals surface area contributed by atoms with Crippen LogP contribution in [0.2, 0.25) is 0 Å². The molecule has 4 atom stereocenters. The zero-order valence-corrected chi connectivity index (χ0v) is 34.3. The Bertz CT molecular complexity index is 2290. The Labute approximate surface area is 346 Å². The molecule has 7 rings (SSSR count). The molecule has 312 valence electrons. The first-order chi connectivity index (χ1) is 28.3. The summed E-state index contributed by atoms with van der Waals surface area (Å²) in [4.78, 5) is 69.9. The number of phenolic OH excluding ortho intramolecular Hbond substituents is 3. The minimum absolute atomic E-state index is 0.000831. The number of phenols is 3. The number of unbranched alkanes of at least 4 members (excludes halogenated alkanes) is 1. The lowest BCUT2D eigenvalue weighted by Gasteiger charge is -2.36. The Morgan fingerprint density at radius 3 is 2.27 bits per heavy atom. The van der Waals surface area contributed by atoms with Gasteiger partial charge in [0.25, 0.3) is 5.91 Å². The van der Waals surface area contributed by atoms with Crippen molar-refractivity contribution in [3.63, 3.8) is 0 Å². The second-order valence-electron chi connectivity index (χ2n) is 16.1. The standard InChI is InChI=1S/C44H51N5O9S/c1-24(2)21-29-37(51)40(54)39(53)35-38(52)34(25(3)58-41(29)35)27-13-15-28(16-14-27)42(55)45-30(22-26-9-5-4-6-10-26)43(56)49-19-17-48(18-20-49)33(50)12-8-7-11-32-36-31(23-59-32)46-44(57)47-36/h4-6,9-10,13-16,24,30-32,36,51,53-54H,7-8,11-12,17-23H2,1-3H3,(H,45,55)(H2,46,47,57). The first-order valence-electron chi connectivity index (χ1n) is 20.2. The fourth-order valence-corrected chi connectivity index (χ4v) is 9.93. The van der Waals surface area contributed by atoms with Gasteiger partial charge < -0.3 is 45.5 Å². The Kier molecular flexibility index (Phi) is 12.4. The van der Waals surface area contributed by atoms with E-state index >= 15 is 0 Å². The molecule has 6 N–H and O–H groups in total. The van der Waals surface area contributed by atoms with Gasteiger partial charge >= 0.3 is 6.03 Å². The van der Waals surface area contributed by atoms with Crippen LogP contribution >= 0.6 is 11.8 Å². The number of hydrogen-bond donors (Lipinski definition) is 6. The van der Waals surface area contributed by atoms with Gasteiger partial charge in [-0.25, -0.2) is 4.79 Å². The topological polar surface area (TPSA) is 202 Å². The molecule has 0 saturated carbocycles. The summed E-state index contributed by atoms with van der Waals surface area (Å²) < 4.78 is 6.03. The second-order valence-corrected chi connectivity index (χ2v) is 17.3. The van der Waals surface area contributed by atoms with Gasteiger partial charge in [-0.2, -0.15) is 11.8 Å². The third-order valence-corrected chi connectivity index (χ3v) is 13.0. The molecule has 5 amide bonds. The van der Waals surface area contributed by atoms with Gasteiger partial charge in [-0.15, -0.1) is 0 Å². The number of carbonyl (C=O) groups is 4. The quantitative estimate of drug-likeness (QED) is 0.0617. The summed E-state index contributed by atoms with van der Waals surface area (Å²) in [5, 5.41) is 40.8. The highest BCUT2D eigenvalue weighted by Gasteiger charge is 2.42. The first kappa shape index (κ1) is 41.5. The van der Waals surface area contributed by atoms with Crippen LogP contribution in [-0.2, 0) is 22.4 Å². The molecule has 0 bridgehead atoms. The molecule has 4 unspecified atom stereocenters. The maximum absolute atomic E-state index is 14.0. The number of piperazine rings is 1. The SMILES string of the molecule is Cc1oc2c(CC(C)C)c(O)c(O)c(O)c2c(=O)c1-c1ccc(C(=O)NC(Cc2ccccc2)C(=O)N2CCN(C(=O)CCCCC3SCC4NC(=O)NC43)CC2)cc1. The molecule has 15 heteroatoms. The zero-order chi connectivity index (χ0) is 42.0. The molecule has 14 nitrogen and oxygen atoms in total. The maximum atomic E-state index is 14.0. The third kappa shape index (κ3) is 8.85. The predicted molar refractivity (Wildman–Crippen MR) is 225 cm³/mol. The summed E-state index contributed by atoms with van der Waals surface area (Å²) in [6.07, 6.45) is 3.56. The third-order valence-electron chi connectivity index (χ3n) is 11.5. The van der Waals surface area contributed by atoms with Crippen molar-refractivity contribution in [2.24, 2.45) is 5.92 Å².